The van der Waals surface area contributed by atoms with Gasteiger partial charge >= 0.3 is 11.9 Å². The molecule has 0 unspecified atom stereocenters. The third-order valence-electron chi connectivity index (χ3n) is 2.13. The molecule has 4 heteroatoms. The molecule has 1 rings (SSSR count). The summed E-state index contributed by atoms with van der Waals surface area (Å²) in [5, 5.41) is 0. The summed E-state index contributed by atoms with van der Waals surface area (Å²) in [6.07, 6.45) is 0.765. The van der Waals surface area contributed by atoms with Crippen molar-refractivity contribution in [1.29, 1.82) is 0 Å². The van der Waals surface area contributed by atoms with E-state index in [0.717, 1.165) is 0 Å². The average molecular weight is 198 g/mol. The second-order valence-corrected chi connectivity index (χ2v) is 3.35. The van der Waals surface area contributed by atoms with E-state index in [9.17, 15) is 9.59 Å². The fraction of sp³-hybridized carbons (Fsp3) is 0.600. The molecule has 78 valence electrons. The van der Waals surface area contributed by atoms with Crippen molar-refractivity contribution >= 4 is 11.9 Å². The molecule has 0 aromatic rings. The molecule has 0 aliphatic heterocycles. The molecule has 0 aromatic carbocycles. The van der Waals surface area contributed by atoms with E-state index < -0.39 is 0 Å². The highest BCUT2D eigenvalue weighted by Crippen LogP contribution is 2.29. The van der Waals surface area contributed by atoms with Gasteiger partial charge in [0.15, 0.2) is 0 Å². The fourth-order valence-corrected chi connectivity index (χ4v) is 1.55. The van der Waals surface area contributed by atoms with Crippen LogP contribution in [0, 0.1) is 0 Å². The zero-order chi connectivity index (χ0) is 10.7. The minimum absolute atomic E-state index is 0.295. The average Bonchev–Trinajstić information content (AvgIpc) is 2.34. The number of esters is 2. The van der Waals surface area contributed by atoms with Gasteiger partial charge in [0.2, 0.25) is 0 Å². The van der Waals surface area contributed by atoms with Crippen LogP contribution in [0.25, 0.3) is 0 Å². The van der Waals surface area contributed by atoms with Crippen LogP contribution in [-0.4, -0.2) is 24.1 Å². The van der Waals surface area contributed by atoms with Gasteiger partial charge in [-0.2, -0.15) is 0 Å². The molecule has 4 nitrogen and oxygen atoms in total. The van der Waals surface area contributed by atoms with E-state index in [2.05, 4.69) is 6.58 Å². The lowest BCUT2D eigenvalue weighted by Crippen LogP contribution is -2.19. The first-order valence-corrected chi connectivity index (χ1v) is 4.54. The Hall–Kier alpha value is -1.32. The van der Waals surface area contributed by atoms with E-state index in [4.69, 9.17) is 9.47 Å². The largest absolute Gasteiger partial charge is 0.458 e. The predicted octanol–water partition coefficient (Wildman–Crippen LogP) is 1.20. The normalized spacial score (nSPS) is 26.0. The molecule has 0 radical (unpaired) electrons. The van der Waals surface area contributed by atoms with Crippen molar-refractivity contribution in [1.82, 2.24) is 0 Å². The summed E-state index contributed by atoms with van der Waals surface area (Å²) >= 11 is 0. The smallest absolute Gasteiger partial charge is 0.303 e. The monoisotopic (exact) mass is 198 g/mol. The molecule has 1 saturated carbocycles. The number of hydrogen-bond donors (Lipinski definition) is 0. The minimum atomic E-state index is -0.334. The third kappa shape index (κ3) is 2.58. The molecule has 0 spiro atoms. The molecule has 1 fully saturated rings. The van der Waals surface area contributed by atoms with Crippen molar-refractivity contribution < 1.29 is 19.1 Å². The van der Waals surface area contributed by atoms with Gasteiger partial charge in [0.1, 0.15) is 12.2 Å². The molecule has 1 aliphatic rings. The lowest BCUT2D eigenvalue weighted by Gasteiger charge is -2.14. The molecule has 0 saturated heterocycles. The first-order chi connectivity index (χ1) is 6.50. The Bertz CT molecular complexity index is 243. The second kappa shape index (κ2) is 4.26. The summed E-state index contributed by atoms with van der Waals surface area (Å²) in [5.41, 5.74) is 0.676. The summed E-state index contributed by atoms with van der Waals surface area (Å²) in [5.74, 6) is -0.667. The Balaban J connectivity index is 2.51. The van der Waals surface area contributed by atoms with Gasteiger partial charge in [-0.1, -0.05) is 6.58 Å². The van der Waals surface area contributed by atoms with Crippen LogP contribution in [0.2, 0.25) is 0 Å². The number of rotatable bonds is 2. The lowest BCUT2D eigenvalue weighted by molar-refractivity contribution is -0.144. The van der Waals surface area contributed by atoms with Crippen LogP contribution in [0.1, 0.15) is 26.7 Å². The van der Waals surface area contributed by atoms with Crippen molar-refractivity contribution in [2.75, 3.05) is 0 Å². The van der Waals surface area contributed by atoms with Gasteiger partial charge in [-0.05, 0) is 12.8 Å². The number of hydrogen-bond acceptors (Lipinski definition) is 4. The molecule has 0 amide bonds. The van der Waals surface area contributed by atoms with Crippen molar-refractivity contribution in [2.24, 2.45) is 0 Å². The number of carbonyl (C=O) groups excluding carboxylic acids is 2. The summed E-state index contributed by atoms with van der Waals surface area (Å²) in [7, 11) is 0. The van der Waals surface area contributed by atoms with Crippen LogP contribution in [0.5, 0.6) is 0 Å². The highest BCUT2D eigenvalue weighted by atomic mass is 16.6. The van der Waals surface area contributed by atoms with E-state index in [-0.39, 0.29) is 24.1 Å². The van der Waals surface area contributed by atoms with Crippen LogP contribution >= 0.6 is 0 Å². The molecule has 0 bridgehead atoms. The summed E-state index contributed by atoms with van der Waals surface area (Å²) < 4.78 is 10.0. The van der Waals surface area contributed by atoms with Crippen molar-refractivity contribution in [3.8, 4) is 0 Å². The number of ether oxygens (including phenoxy) is 2. The van der Waals surface area contributed by atoms with Crippen LogP contribution in [0.4, 0.5) is 0 Å². The summed E-state index contributed by atoms with van der Waals surface area (Å²) in [6, 6.07) is 0. The van der Waals surface area contributed by atoms with E-state index in [1.54, 1.807) is 0 Å². The third-order valence-corrected chi connectivity index (χ3v) is 2.13. The topological polar surface area (TPSA) is 52.6 Å². The fourth-order valence-electron chi connectivity index (χ4n) is 1.55. The number of carbonyl (C=O) groups is 2. The van der Waals surface area contributed by atoms with E-state index in [1.165, 1.54) is 13.8 Å². The van der Waals surface area contributed by atoms with Gasteiger partial charge in [0.25, 0.3) is 0 Å². The molecule has 0 N–H and O–H groups in total. The van der Waals surface area contributed by atoms with Crippen molar-refractivity contribution in [3.63, 3.8) is 0 Å². The highest BCUT2D eigenvalue weighted by Gasteiger charge is 2.32. The first-order valence-electron chi connectivity index (χ1n) is 4.54. The quantitative estimate of drug-likeness (QED) is 0.494. The zero-order valence-electron chi connectivity index (χ0n) is 8.41. The Morgan fingerprint density at radius 2 is 1.50 bits per heavy atom. The van der Waals surface area contributed by atoms with Gasteiger partial charge in [0, 0.05) is 19.4 Å². The summed E-state index contributed by atoms with van der Waals surface area (Å²) in [6.45, 7) is 6.48. The highest BCUT2D eigenvalue weighted by molar-refractivity contribution is 5.67. The zero-order valence-corrected chi connectivity index (χ0v) is 8.41. The molecule has 0 aromatic heterocycles. The van der Waals surface area contributed by atoms with E-state index >= 15 is 0 Å². The minimum Gasteiger partial charge on any atom is -0.458 e. The Morgan fingerprint density at radius 1 is 1.14 bits per heavy atom. The van der Waals surface area contributed by atoms with Crippen molar-refractivity contribution in [3.05, 3.63) is 12.2 Å². The molecule has 1 aliphatic carbocycles. The Labute approximate surface area is 82.9 Å². The van der Waals surface area contributed by atoms with Gasteiger partial charge in [-0.25, -0.2) is 0 Å². The van der Waals surface area contributed by atoms with Gasteiger partial charge in [-0.15, -0.1) is 0 Å². The van der Waals surface area contributed by atoms with Crippen LogP contribution < -0.4 is 0 Å². The Kier molecular flexibility index (Phi) is 3.28. The molecular formula is C10H14O4. The van der Waals surface area contributed by atoms with Crippen molar-refractivity contribution in [2.45, 2.75) is 38.9 Å². The van der Waals surface area contributed by atoms with E-state index in [0.29, 0.717) is 18.4 Å². The molecule has 0 heterocycles. The van der Waals surface area contributed by atoms with Crippen LogP contribution in [0.15, 0.2) is 12.2 Å². The first kappa shape index (κ1) is 10.8. The van der Waals surface area contributed by atoms with Gasteiger partial charge in [-0.3, -0.25) is 9.59 Å². The van der Waals surface area contributed by atoms with E-state index in [1.807, 2.05) is 0 Å². The summed E-state index contributed by atoms with van der Waals surface area (Å²) in [4.78, 5) is 21.4. The maximum absolute atomic E-state index is 10.7. The molecule has 14 heavy (non-hydrogen) atoms. The lowest BCUT2D eigenvalue weighted by atomic mass is 10.2. The maximum Gasteiger partial charge on any atom is 0.303 e. The van der Waals surface area contributed by atoms with Gasteiger partial charge < -0.3 is 9.47 Å². The Morgan fingerprint density at radius 3 is 1.79 bits per heavy atom. The molecular weight excluding hydrogens is 184 g/mol. The van der Waals surface area contributed by atoms with Crippen LogP contribution in [0.3, 0.4) is 0 Å². The van der Waals surface area contributed by atoms with Crippen LogP contribution in [-0.2, 0) is 19.1 Å². The second-order valence-electron chi connectivity index (χ2n) is 3.35. The SMILES string of the molecule is C=C1[C@@H](OC(C)=O)CC[C@@H]1OC(C)=O. The predicted molar refractivity (Wildman–Crippen MR) is 49.5 cm³/mol. The molecule has 2 atom stereocenters. The van der Waals surface area contributed by atoms with Gasteiger partial charge in [0.05, 0.1) is 0 Å². The maximum atomic E-state index is 10.7. The standard InChI is InChI=1S/C10H14O4/c1-6-9(13-7(2)11)4-5-10(6)14-8(3)12/h9-10H,1,4-5H2,2-3H3/t9-,10-/m0/s1.